The van der Waals surface area contributed by atoms with Crippen molar-refractivity contribution >= 4 is 0 Å². The number of hydrogen-bond acceptors (Lipinski definition) is 1. The molecular formula is C22H34O. The molecule has 2 saturated carbocycles. The van der Waals surface area contributed by atoms with Gasteiger partial charge in [-0.25, -0.2) is 0 Å². The summed E-state index contributed by atoms with van der Waals surface area (Å²) in [7, 11) is 0. The van der Waals surface area contributed by atoms with Gasteiger partial charge in [-0.1, -0.05) is 32.8 Å². The predicted octanol–water partition coefficient (Wildman–Crippen LogP) is 6.42. The summed E-state index contributed by atoms with van der Waals surface area (Å²) in [6.07, 6.45) is 15.9. The summed E-state index contributed by atoms with van der Waals surface area (Å²) in [5.41, 5.74) is 4.02. The summed E-state index contributed by atoms with van der Waals surface area (Å²) in [4.78, 5) is 0. The molecule has 0 spiro atoms. The van der Waals surface area contributed by atoms with Crippen LogP contribution in [0.1, 0.15) is 89.2 Å². The van der Waals surface area contributed by atoms with Crippen LogP contribution in [0, 0.1) is 10.8 Å². The molecule has 0 bridgehead atoms. The maximum absolute atomic E-state index is 9.99. The third-order valence-electron chi connectivity index (χ3n) is 6.24. The van der Waals surface area contributed by atoms with Gasteiger partial charge in [0.2, 0.25) is 0 Å². The van der Waals surface area contributed by atoms with E-state index >= 15 is 0 Å². The predicted molar refractivity (Wildman–Crippen MR) is 97.9 cm³/mol. The minimum atomic E-state index is 0.459. The highest BCUT2D eigenvalue weighted by atomic mass is 16.3. The average molecular weight is 315 g/mol. The van der Waals surface area contributed by atoms with Crippen LogP contribution in [0.3, 0.4) is 0 Å². The molecule has 1 aromatic rings. The van der Waals surface area contributed by atoms with Gasteiger partial charge in [0, 0.05) is 0 Å². The molecule has 2 aliphatic carbocycles. The Morgan fingerprint density at radius 3 is 1.57 bits per heavy atom. The number of phenols is 1. The Labute approximate surface area is 142 Å². The molecule has 0 saturated heterocycles. The van der Waals surface area contributed by atoms with Crippen LogP contribution < -0.4 is 0 Å². The second-order valence-corrected chi connectivity index (χ2v) is 9.04. The van der Waals surface area contributed by atoms with E-state index in [0.29, 0.717) is 16.6 Å². The normalized spacial score (nSPS) is 20.4. The molecule has 1 aromatic carbocycles. The zero-order valence-electron chi connectivity index (χ0n) is 15.2. The summed E-state index contributed by atoms with van der Waals surface area (Å²) in [5, 5.41) is 9.99. The van der Waals surface area contributed by atoms with Crippen molar-refractivity contribution in [3.05, 3.63) is 29.3 Å². The lowest BCUT2D eigenvalue weighted by atomic mass is 9.96. The van der Waals surface area contributed by atoms with Crippen LogP contribution in [0.4, 0.5) is 0 Å². The minimum Gasteiger partial charge on any atom is -0.508 e. The molecule has 0 atom stereocenters. The maximum Gasteiger partial charge on any atom is 0.116 e. The molecular weight excluding hydrogens is 280 g/mol. The van der Waals surface area contributed by atoms with E-state index < -0.39 is 0 Å². The zero-order chi connectivity index (χ0) is 16.3. The Balaban J connectivity index is 1.39. The molecule has 0 aromatic heterocycles. The first kappa shape index (κ1) is 16.9. The van der Waals surface area contributed by atoms with E-state index in [0.717, 1.165) is 12.8 Å². The van der Waals surface area contributed by atoms with Gasteiger partial charge in [0.1, 0.15) is 5.75 Å². The summed E-state index contributed by atoms with van der Waals surface area (Å²) in [6.45, 7) is 4.84. The quantitative estimate of drug-likeness (QED) is 0.494. The Bertz CT molecular complexity index is 479. The van der Waals surface area contributed by atoms with Gasteiger partial charge in [0.15, 0.2) is 0 Å². The van der Waals surface area contributed by atoms with Gasteiger partial charge >= 0.3 is 0 Å². The molecule has 0 aliphatic heterocycles. The highest BCUT2D eigenvalue weighted by Gasteiger charge is 2.36. The number of aromatic hydroxyl groups is 1. The van der Waals surface area contributed by atoms with Crippen LogP contribution in [0.25, 0.3) is 0 Å². The van der Waals surface area contributed by atoms with Crippen molar-refractivity contribution in [1.29, 1.82) is 0 Å². The number of phenolic OH excluding ortho intramolecular Hbond substituents is 1. The fourth-order valence-corrected chi connectivity index (χ4v) is 3.72. The fourth-order valence-electron chi connectivity index (χ4n) is 3.72. The lowest BCUT2D eigenvalue weighted by molar-refractivity contribution is 0.469. The molecule has 0 amide bonds. The highest BCUT2D eigenvalue weighted by molar-refractivity contribution is 5.33. The molecule has 2 aliphatic rings. The third-order valence-corrected chi connectivity index (χ3v) is 6.24. The van der Waals surface area contributed by atoms with Gasteiger partial charge in [-0.05, 0) is 98.3 Å². The van der Waals surface area contributed by atoms with Gasteiger partial charge < -0.3 is 5.11 Å². The highest BCUT2D eigenvalue weighted by Crippen LogP contribution is 2.49. The molecule has 0 unspecified atom stereocenters. The van der Waals surface area contributed by atoms with Crippen LogP contribution in [-0.2, 0) is 12.8 Å². The molecule has 1 heteroatoms. The van der Waals surface area contributed by atoms with Crippen molar-refractivity contribution in [2.24, 2.45) is 10.8 Å². The van der Waals surface area contributed by atoms with E-state index in [9.17, 15) is 5.11 Å². The van der Waals surface area contributed by atoms with Gasteiger partial charge in [-0.15, -0.1) is 0 Å². The standard InChI is InChI=1S/C22H34O/c1-21(11-12-21)9-5-3-7-18-15-19(17-20(23)16-18)8-4-6-10-22(2)13-14-22/h15-17,23H,3-14H2,1-2H3. The molecule has 0 radical (unpaired) electrons. The number of unbranched alkanes of at least 4 members (excludes halogenated alkanes) is 2. The second kappa shape index (κ2) is 6.87. The van der Waals surface area contributed by atoms with Gasteiger partial charge in [-0.3, -0.25) is 0 Å². The largest absolute Gasteiger partial charge is 0.508 e. The van der Waals surface area contributed by atoms with Crippen molar-refractivity contribution in [1.82, 2.24) is 0 Å². The van der Waals surface area contributed by atoms with E-state index in [1.165, 1.54) is 75.3 Å². The Kier molecular flexibility index (Phi) is 5.04. The lowest BCUT2D eigenvalue weighted by Gasteiger charge is -2.10. The molecule has 128 valence electrons. The Morgan fingerprint density at radius 1 is 0.739 bits per heavy atom. The molecule has 2 fully saturated rings. The number of aryl methyl sites for hydroxylation is 2. The monoisotopic (exact) mass is 314 g/mol. The molecule has 1 nitrogen and oxygen atoms in total. The van der Waals surface area contributed by atoms with Crippen LogP contribution >= 0.6 is 0 Å². The Morgan fingerprint density at radius 2 is 1.17 bits per heavy atom. The summed E-state index contributed by atoms with van der Waals surface area (Å²) in [6, 6.07) is 6.26. The topological polar surface area (TPSA) is 20.2 Å². The van der Waals surface area contributed by atoms with E-state index in [1.54, 1.807) is 0 Å². The minimum absolute atomic E-state index is 0.459. The average Bonchev–Trinajstić information content (AvgIpc) is 3.41. The van der Waals surface area contributed by atoms with E-state index in [1.807, 2.05) is 12.1 Å². The fraction of sp³-hybridized carbons (Fsp3) is 0.727. The van der Waals surface area contributed by atoms with Crippen molar-refractivity contribution in [3.8, 4) is 5.75 Å². The summed E-state index contributed by atoms with van der Waals surface area (Å²) < 4.78 is 0. The van der Waals surface area contributed by atoms with Crippen LogP contribution in [-0.4, -0.2) is 5.11 Å². The number of benzene rings is 1. The zero-order valence-corrected chi connectivity index (χ0v) is 15.2. The number of rotatable bonds is 10. The van der Waals surface area contributed by atoms with Crippen LogP contribution in [0.2, 0.25) is 0 Å². The van der Waals surface area contributed by atoms with Crippen molar-refractivity contribution in [3.63, 3.8) is 0 Å². The molecule has 23 heavy (non-hydrogen) atoms. The lowest BCUT2D eigenvalue weighted by Crippen LogP contribution is -1.96. The van der Waals surface area contributed by atoms with Gasteiger partial charge in [-0.2, -0.15) is 0 Å². The summed E-state index contributed by atoms with van der Waals surface area (Å²) >= 11 is 0. The smallest absolute Gasteiger partial charge is 0.116 e. The van der Waals surface area contributed by atoms with Gasteiger partial charge in [0.05, 0.1) is 0 Å². The van der Waals surface area contributed by atoms with Crippen molar-refractivity contribution < 1.29 is 5.11 Å². The van der Waals surface area contributed by atoms with E-state index in [4.69, 9.17) is 0 Å². The molecule has 1 N–H and O–H groups in total. The van der Waals surface area contributed by atoms with E-state index in [-0.39, 0.29) is 0 Å². The molecule has 0 heterocycles. The Hall–Kier alpha value is -0.980. The van der Waals surface area contributed by atoms with Crippen molar-refractivity contribution in [2.75, 3.05) is 0 Å². The summed E-state index contributed by atoms with van der Waals surface area (Å²) in [5.74, 6) is 0.459. The first-order chi connectivity index (χ1) is 11.0. The first-order valence-electron chi connectivity index (χ1n) is 9.78. The van der Waals surface area contributed by atoms with Crippen LogP contribution in [0.15, 0.2) is 18.2 Å². The van der Waals surface area contributed by atoms with Gasteiger partial charge in [0.25, 0.3) is 0 Å². The van der Waals surface area contributed by atoms with Crippen molar-refractivity contribution in [2.45, 2.75) is 90.9 Å². The molecule has 3 rings (SSSR count). The van der Waals surface area contributed by atoms with E-state index in [2.05, 4.69) is 19.9 Å². The SMILES string of the molecule is CC1(CCCCc2cc(O)cc(CCCCC3(C)CC3)c2)CC1. The van der Waals surface area contributed by atoms with Crippen LogP contribution in [0.5, 0.6) is 5.75 Å². The second-order valence-electron chi connectivity index (χ2n) is 9.04. The first-order valence-corrected chi connectivity index (χ1v) is 9.78. The maximum atomic E-state index is 9.99. The third kappa shape index (κ3) is 5.55. The number of hydrogen-bond donors (Lipinski definition) is 1.